The number of likely N-dealkylation sites (tertiary alicyclic amines) is 1. The summed E-state index contributed by atoms with van der Waals surface area (Å²) < 4.78 is 38.7. The second kappa shape index (κ2) is 4.07. The molecule has 1 amide bonds. The van der Waals surface area contributed by atoms with Gasteiger partial charge in [0.25, 0.3) is 0 Å². The van der Waals surface area contributed by atoms with Crippen molar-refractivity contribution in [2.75, 3.05) is 13.1 Å². The van der Waals surface area contributed by atoms with Crippen molar-refractivity contribution in [1.29, 1.82) is 0 Å². The predicted molar refractivity (Wildman–Crippen MR) is 54.7 cm³/mol. The van der Waals surface area contributed by atoms with Crippen molar-refractivity contribution in [2.24, 2.45) is 11.3 Å². The number of hydrogen-bond acceptors (Lipinski definition) is 1. The van der Waals surface area contributed by atoms with Gasteiger partial charge in [-0.05, 0) is 31.1 Å². The second-order valence-electron chi connectivity index (χ2n) is 5.12. The number of piperidine rings is 1. The summed E-state index contributed by atoms with van der Waals surface area (Å²) >= 11 is 0. The predicted octanol–water partition coefficient (Wildman–Crippen LogP) is 3.11. The molecule has 0 aromatic heterocycles. The van der Waals surface area contributed by atoms with Gasteiger partial charge < -0.3 is 10.0 Å². The van der Waals surface area contributed by atoms with Crippen molar-refractivity contribution in [3.05, 3.63) is 0 Å². The zero-order chi connectivity index (χ0) is 12.7. The van der Waals surface area contributed by atoms with E-state index in [1.807, 2.05) is 0 Å². The van der Waals surface area contributed by atoms with Crippen LogP contribution in [0.1, 0.15) is 32.1 Å². The Bertz CT molecular complexity index is 308. The molecule has 2 fully saturated rings. The monoisotopic (exact) mass is 251 g/mol. The van der Waals surface area contributed by atoms with Crippen LogP contribution in [0.2, 0.25) is 0 Å². The Hall–Kier alpha value is -0.940. The van der Waals surface area contributed by atoms with Crippen LogP contribution in [0.5, 0.6) is 0 Å². The van der Waals surface area contributed by atoms with E-state index in [1.165, 1.54) is 4.90 Å². The molecule has 2 rings (SSSR count). The Balaban J connectivity index is 2.08. The van der Waals surface area contributed by atoms with E-state index in [4.69, 9.17) is 5.11 Å². The minimum Gasteiger partial charge on any atom is -0.465 e. The maximum Gasteiger partial charge on any atom is 0.407 e. The van der Waals surface area contributed by atoms with Crippen LogP contribution in [0.3, 0.4) is 0 Å². The van der Waals surface area contributed by atoms with Gasteiger partial charge in [0.1, 0.15) is 0 Å². The average Bonchev–Trinajstić information content (AvgIpc) is 2.62. The van der Waals surface area contributed by atoms with Crippen molar-refractivity contribution < 1.29 is 23.1 Å². The maximum absolute atomic E-state index is 12.9. The fraction of sp³-hybridized carbons (Fsp3) is 0.909. The van der Waals surface area contributed by atoms with Crippen LogP contribution in [-0.2, 0) is 0 Å². The number of amides is 1. The molecule has 0 aromatic carbocycles. The van der Waals surface area contributed by atoms with Gasteiger partial charge >= 0.3 is 12.3 Å². The Morgan fingerprint density at radius 3 is 2.29 bits per heavy atom. The number of rotatable bonds is 0. The third kappa shape index (κ3) is 2.21. The van der Waals surface area contributed by atoms with Gasteiger partial charge in [-0.1, -0.05) is 6.42 Å². The van der Waals surface area contributed by atoms with Crippen LogP contribution in [0.15, 0.2) is 0 Å². The Kier molecular flexibility index (Phi) is 2.99. The average molecular weight is 251 g/mol. The molecular weight excluding hydrogens is 235 g/mol. The van der Waals surface area contributed by atoms with E-state index in [2.05, 4.69) is 0 Å². The zero-order valence-corrected chi connectivity index (χ0v) is 9.46. The lowest BCUT2D eigenvalue weighted by Gasteiger charge is -2.42. The summed E-state index contributed by atoms with van der Waals surface area (Å²) in [7, 11) is 0. The first-order valence-electron chi connectivity index (χ1n) is 5.90. The number of halogens is 3. The van der Waals surface area contributed by atoms with Gasteiger partial charge in [-0.2, -0.15) is 13.2 Å². The van der Waals surface area contributed by atoms with E-state index in [-0.39, 0.29) is 19.5 Å². The lowest BCUT2D eigenvalue weighted by molar-refractivity contribution is -0.205. The molecule has 0 bridgehead atoms. The maximum atomic E-state index is 12.9. The summed E-state index contributed by atoms with van der Waals surface area (Å²) in [6.45, 7) is 0.476. The van der Waals surface area contributed by atoms with Crippen molar-refractivity contribution >= 4 is 6.09 Å². The molecule has 1 N–H and O–H groups in total. The van der Waals surface area contributed by atoms with Gasteiger partial charge in [-0.25, -0.2) is 4.79 Å². The Morgan fingerprint density at radius 1 is 1.24 bits per heavy atom. The molecule has 1 saturated heterocycles. The lowest BCUT2D eigenvalue weighted by Crippen LogP contribution is -2.47. The van der Waals surface area contributed by atoms with E-state index in [9.17, 15) is 18.0 Å². The summed E-state index contributed by atoms with van der Waals surface area (Å²) in [4.78, 5) is 12.0. The molecule has 17 heavy (non-hydrogen) atoms. The topological polar surface area (TPSA) is 40.5 Å². The van der Waals surface area contributed by atoms with E-state index >= 15 is 0 Å². The van der Waals surface area contributed by atoms with Crippen LogP contribution >= 0.6 is 0 Å². The summed E-state index contributed by atoms with van der Waals surface area (Å²) in [5.74, 6) is -1.23. The fourth-order valence-corrected chi connectivity index (χ4v) is 3.39. The van der Waals surface area contributed by atoms with Crippen molar-refractivity contribution in [3.63, 3.8) is 0 Å². The minimum atomic E-state index is -4.14. The molecule has 98 valence electrons. The first-order chi connectivity index (χ1) is 7.85. The fourth-order valence-electron chi connectivity index (χ4n) is 3.39. The van der Waals surface area contributed by atoms with Gasteiger partial charge in [-0.15, -0.1) is 0 Å². The van der Waals surface area contributed by atoms with Crippen LogP contribution < -0.4 is 0 Å². The standard InChI is InChI=1S/C11H16F3NO2/c12-11(13,14)8-2-1-3-10(8)4-6-15(7-5-10)9(16)17/h8H,1-7H2,(H,16,17). The van der Waals surface area contributed by atoms with Gasteiger partial charge in [0, 0.05) is 13.1 Å². The molecule has 1 spiro atoms. The third-order valence-corrected chi connectivity index (χ3v) is 4.33. The smallest absolute Gasteiger partial charge is 0.407 e. The van der Waals surface area contributed by atoms with Crippen LogP contribution in [0.25, 0.3) is 0 Å². The van der Waals surface area contributed by atoms with Crippen LogP contribution in [-0.4, -0.2) is 35.4 Å². The molecule has 1 heterocycles. The highest BCUT2D eigenvalue weighted by atomic mass is 19.4. The zero-order valence-electron chi connectivity index (χ0n) is 9.46. The number of hydrogen-bond donors (Lipinski definition) is 1. The van der Waals surface area contributed by atoms with Gasteiger partial charge in [-0.3, -0.25) is 0 Å². The number of alkyl halides is 3. The van der Waals surface area contributed by atoms with E-state index in [0.717, 1.165) is 0 Å². The Morgan fingerprint density at radius 2 is 1.82 bits per heavy atom. The van der Waals surface area contributed by atoms with Gasteiger partial charge in [0.15, 0.2) is 0 Å². The minimum absolute atomic E-state index is 0.205. The molecular formula is C11H16F3NO2. The molecule has 1 atom stereocenters. The largest absolute Gasteiger partial charge is 0.465 e. The first kappa shape index (κ1) is 12.5. The summed E-state index contributed by atoms with van der Waals surface area (Å²) in [5.41, 5.74) is -0.690. The quantitative estimate of drug-likeness (QED) is 0.718. The number of nitrogens with zero attached hydrogens (tertiary/aromatic N) is 1. The van der Waals surface area contributed by atoms with Crippen molar-refractivity contribution in [3.8, 4) is 0 Å². The van der Waals surface area contributed by atoms with E-state index in [1.54, 1.807) is 0 Å². The van der Waals surface area contributed by atoms with Crippen molar-refractivity contribution in [1.82, 2.24) is 4.90 Å². The van der Waals surface area contributed by atoms with Crippen LogP contribution in [0, 0.1) is 11.3 Å². The molecule has 6 heteroatoms. The highest BCUT2D eigenvalue weighted by Crippen LogP contribution is 2.56. The molecule has 1 saturated carbocycles. The van der Waals surface area contributed by atoms with Crippen LogP contribution in [0.4, 0.5) is 18.0 Å². The molecule has 0 radical (unpaired) electrons. The molecule has 3 nitrogen and oxygen atoms in total. The lowest BCUT2D eigenvalue weighted by atomic mass is 9.70. The molecule has 0 aromatic rings. The highest BCUT2D eigenvalue weighted by Gasteiger charge is 2.56. The third-order valence-electron chi connectivity index (χ3n) is 4.33. The summed E-state index contributed by atoms with van der Waals surface area (Å²) in [6, 6.07) is 0. The first-order valence-corrected chi connectivity index (χ1v) is 5.90. The number of carbonyl (C=O) groups is 1. The van der Waals surface area contributed by atoms with Gasteiger partial charge in [0.05, 0.1) is 5.92 Å². The second-order valence-corrected chi connectivity index (χ2v) is 5.12. The Labute approximate surface area is 97.6 Å². The van der Waals surface area contributed by atoms with E-state index < -0.39 is 23.6 Å². The molecule has 1 aliphatic carbocycles. The molecule has 1 unspecified atom stereocenters. The molecule has 2 aliphatic rings. The normalized spacial score (nSPS) is 28.6. The highest BCUT2D eigenvalue weighted by molar-refractivity contribution is 5.65. The van der Waals surface area contributed by atoms with Crippen molar-refractivity contribution in [2.45, 2.75) is 38.3 Å². The van der Waals surface area contributed by atoms with Gasteiger partial charge in [0.2, 0.25) is 0 Å². The summed E-state index contributed by atoms with van der Waals surface area (Å²) in [5, 5.41) is 8.80. The van der Waals surface area contributed by atoms with E-state index in [0.29, 0.717) is 25.7 Å². The molecule has 1 aliphatic heterocycles. The SMILES string of the molecule is O=C(O)N1CCC2(CCCC2C(F)(F)F)CC1. The number of carboxylic acid groups (broad SMARTS) is 1. The summed E-state index contributed by atoms with van der Waals surface area (Å²) in [6.07, 6.45) is -3.06.